The average molecular weight is 249 g/mol. The molecule has 0 spiro atoms. The van der Waals surface area contributed by atoms with Crippen LogP contribution in [0.4, 0.5) is 0 Å². The van der Waals surface area contributed by atoms with Crippen molar-refractivity contribution in [3.05, 3.63) is 30.1 Å². The quantitative estimate of drug-likeness (QED) is 0.834. The number of rotatable bonds is 4. The van der Waals surface area contributed by atoms with Gasteiger partial charge < -0.3 is 5.73 Å². The summed E-state index contributed by atoms with van der Waals surface area (Å²) in [6.07, 6.45) is 10.2. The van der Waals surface area contributed by atoms with Crippen LogP contribution in [0.15, 0.2) is 24.5 Å². The first kappa shape index (κ1) is 15.1. The van der Waals surface area contributed by atoms with Gasteiger partial charge in [0.05, 0.1) is 0 Å². The normalized spacial score (nSPS) is 19.4. The summed E-state index contributed by atoms with van der Waals surface area (Å²) in [5, 5.41) is 0. The van der Waals surface area contributed by atoms with Crippen molar-refractivity contribution in [3.63, 3.8) is 0 Å². The van der Waals surface area contributed by atoms with Crippen molar-refractivity contribution in [1.82, 2.24) is 9.88 Å². The first-order valence-electron chi connectivity index (χ1n) is 7.09. The number of unbranched alkanes of at least 4 members (excludes halogenated alkanes) is 2. The fraction of sp³-hybridized carbons (Fsp3) is 0.667. The van der Waals surface area contributed by atoms with E-state index in [-0.39, 0.29) is 0 Å². The topological polar surface area (TPSA) is 42.1 Å². The van der Waals surface area contributed by atoms with E-state index in [9.17, 15) is 0 Å². The van der Waals surface area contributed by atoms with Crippen molar-refractivity contribution >= 4 is 0 Å². The van der Waals surface area contributed by atoms with Crippen LogP contribution in [-0.4, -0.2) is 30.0 Å². The molecule has 0 aliphatic carbocycles. The summed E-state index contributed by atoms with van der Waals surface area (Å²) >= 11 is 0. The number of nitrogens with two attached hydrogens (primary N) is 1. The Balaban J connectivity index is 0.000000232. The Labute approximate surface area is 111 Å². The summed E-state index contributed by atoms with van der Waals surface area (Å²) < 4.78 is 0. The molecule has 1 aromatic rings. The van der Waals surface area contributed by atoms with Crippen molar-refractivity contribution in [2.24, 2.45) is 5.73 Å². The molecule has 0 bridgehead atoms. The van der Waals surface area contributed by atoms with Crippen LogP contribution in [0.25, 0.3) is 0 Å². The van der Waals surface area contributed by atoms with Gasteiger partial charge in [0.25, 0.3) is 0 Å². The second-order valence-corrected chi connectivity index (χ2v) is 4.92. The molecule has 1 saturated heterocycles. The number of hydrogen-bond donors (Lipinski definition) is 1. The van der Waals surface area contributed by atoms with Gasteiger partial charge in [-0.1, -0.05) is 25.8 Å². The summed E-state index contributed by atoms with van der Waals surface area (Å²) in [5.74, 6) is 0. The SMILES string of the molecule is CCCCCN.CN1CCC[C@H]1c1cccnc1. The first-order valence-corrected chi connectivity index (χ1v) is 7.09. The van der Waals surface area contributed by atoms with E-state index in [1.165, 1.54) is 44.2 Å². The van der Waals surface area contributed by atoms with Gasteiger partial charge in [0.15, 0.2) is 0 Å². The molecule has 3 nitrogen and oxygen atoms in total. The summed E-state index contributed by atoms with van der Waals surface area (Å²) in [6, 6.07) is 4.79. The largest absolute Gasteiger partial charge is 0.330 e. The molecule has 1 atom stereocenters. The molecule has 1 aliphatic heterocycles. The zero-order chi connectivity index (χ0) is 13.2. The van der Waals surface area contributed by atoms with Gasteiger partial charge in [-0.15, -0.1) is 0 Å². The van der Waals surface area contributed by atoms with Crippen molar-refractivity contribution in [3.8, 4) is 0 Å². The van der Waals surface area contributed by atoms with E-state index in [2.05, 4.69) is 29.9 Å². The highest BCUT2D eigenvalue weighted by Crippen LogP contribution is 2.29. The third kappa shape index (κ3) is 5.15. The van der Waals surface area contributed by atoms with Crippen molar-refractivity contribution in [1.29, 1.82) is 0 Å². The van der Waals surface area contributed by atoms with Gasteiger partial charge in [0.2, 0.25) is 0 Å². The molecule has 0 radical (unpaired) electrons. The van der Waals surface area contributed by atoms with E-state index in [0.717, 1.165) is 6.54 Å². The van der Waals surface area contributed by atoms with Crippen LogP contribution < -0.4 is 5.73 Å². The molecule has 2 N–H and O–H groups in total. The highest BCUT2D eigenvalue weighted by atomic mass is 15.1. The number of aromatic nitrogens is 1. The minimum atomic E-state index is 0.610. The third-order valence-electron chi connectivity index (χ3n) is 3.40. The number of hydrogen-bond acceptors (Lipinski definition) is 3. The molecule has 0 saturated carbocycles. The van der Waals surface area contributed by atoms with Crippen molar-refractivity contribution in [2.45, 2.75) is 45.1 Å². The molecule has 3 heteroatoms. The zero-order valence-electron chi connectivity index (χ0n) is 11.8. The fourth-order valence-corrected chi connectivity index (χ4v) is 2.30. The van der Waals surface area contributed by atoms with Gasteiger partial charge in [0.1, 0.15) is 0 Å². The van der Waals surface area contributed by atoms with Crippen LogP contribution in [-0.2, 0) is 0 Å². The Morgan fingerprint density at radius 3 is 2.72 bits per heavy atom. The van der Waals surface area contributed by atoms with Gasteiger partial charge in [-0.2, -0.15) is 0 Å². The smallest absolute Gasteiger partial charge is 0.0360 e. The molecule has 0 aromatic carbocycles. The van der Waals surface area contributed by atoms with E-state index in [4.69, 9.17) is 5.73 Å². The van der Waals surface area contributed by atoms with Crippen molar-refractivity contribution in [2.75, 3.05) is 20.1 Å². The maximum absolute atomic E-state index is 5.21. The summed E-state index contributed by atoms with van der Waals surface area (Å²) in [6.45, 7) is 4.25. The van der Waals surface area contributed by atoms with Crippen LogP contribution in [0.5, 0.6) is 0 Å². The van der Waals surface area contributed by atoms with Gasteiger partial charge in [-0.25, -0.2) is 0 Å². The predicted molar refractivity (Wildman–Crippen MR) is 77.4 cm³/mol. The maximum Gasteiger partial charge on any atom is 0.0360 e. The van der Waals surface area contributed by atoms with E-state index in [0.29, 0.717) is 6.04 Å². The molecule has 0 amide bonds. The number of likely N-dealkylation sites (tertiary alicyclic amines) is 1. The van der Waals surface area contributed by atoms with E-state index >= 15 is 0 Å². The lowest BCUT2D eigenvalue weighted by Gasteiger charge is -2.18. The molecule has 2 heterocycles. The lowest BCUT2D eigenvalue weighted by atomic mass is 10.1. The van der Waals surface area contributed by atoms with Gasteiger partial charge in [-0.05, 0) is 51.0 Å². The fourth-order valence-electron chi connectivity index (χ4n) is 2.30. The van der Waals surface area contributed by atoms with Crippen LogP contribution in [0, 0.1) is 0 Å². The molecule has 1 fully saturated rings. The Kier molecular flexibility index (Phi) is 7.62. The predicted octanol–water partition coefficient (Wildman–Crippen LogP) is 2.98. The average Bonchev–Trinajstić information content (AvgIpc) is 2.84. The second kappa shape index (κ2) is 9.06. The monoisotopic (exact) mass is 249 g/mol. The third-order valence-corrected chi connectivity index (χ3v) is 3.40. The maximum atomic E-state index is 5.21. The summed E-state index contributed by atoms with van der Waals surface area (Å²) in [4.78, 5) is 6.54. The lowest BCUT2D eigenvalue weighted by Crippen LogP contribution is -2.17. The Bertz CT molecular complexity index is 296. The molecule has 1 aromatic heterocycles. The molecular formula is C15H27N3. The van der Waals surface area contributed by atoms with E-state index < -0.39 is 0 Å². The van der Waals surface area contributed by atoms with Gasteiger partial charge in [-0.3, -0.25) is 9.88 Å². The van der Waals surface area contributed by atoms with Crippen LogP contribution in [0.2, 0.25) is 0 Å². The molecule has 1 aliphatic rings. The molecule has 0 unspecified atom stereocenters. The Hall–Kier alpha value is -0.930. The summed E-state index contributed by atoms with van der Waals surface area (Å²) in [5.41, 5.74) is 6.57. The number of nitrogens with zero attached hydrogens (tertiary/aromatic N) is 2. The molecule has 2 rings (SSSR count). The second-order valence-electron chi connectivity index (χ2n) is 4.92. The highest BCUT2D eigenvalue weighted by Gasteiger charge is 2.21. The Morgan fingerprint density at radius 1 is 1.44 bits per heavy atom. The van der Waals surface area contributed by atoms with Gasteiger partial charge in [0, 0.05) is 18.4 Å². The van der Waals surface area contributed by atoms with Crippen LogP contribution in [0.3, 0.4) is 0 Å². The van der Waals surface area contributed by atoms with Crippen LogP contribution in [0.1, 0.15) is 50.6 Å². The first-order chi connectivity index (χ1) is 8.79. The standard InChI is InChI=1S/C10H14N2.C5H13N/c1-12-7-3-5-10(12)9-4-2-6-11-8-9;1-2-3-4-5-6/h2,4,6,8,10H,3,5,7H2,1H3;2-6H2,1H3/t10-;/m0./s1. The minimum Gasteiger partial charge on any atom is -0.330 e. The van der Waals surface area contributed by atoms with E-state index in [1.807, 2.05) is 18.5 Å². The summed E-state index contributed by atoms with van der Waals surface area (Å²) in [7, 11) is 2.19. The Morgan fingerprint density at radius 2 is 2.28 bits per heavy atom. The lowest BCUT2D eigenvalue weighted by molar-refractivity contribution is 0.317. The van der Waals surface area contributed by atoms with E-state index in [1.54, 1.807) is 0 Å². The molecule has 18 heavy (non-hydrogen) atoms. The highest BCUT2D eigenvalue weighted by molar-refractivity contribution is 5.14. The number of pyridine rings is 1. The molecule has 102 valence electrons. The van der Waals surface area contributed by atoms with Crippen molar-refractivity contribution < 1.29 is 0 Å². The van der Waals surface area contributed by atoms with Crippen LogP contribution >= 0.6 is 0 Å². The molecular weight excluding hydrogens is 222 g/mol. The van der Waals surface area contributed by atoms with Gasteiger partial charge >= 0.3 is 0 Å². The zero-order valence-corrected chi connectivity index (χ0v) is 11.8. The minimum absolute atomic E-state index is 0.610.